The standard InChI is InChI=1S/C13H20BrNS/c1-4-11(9-15-8-10(2)3)7-13-12(14)5-6-16-13/h5-7,10,15H,4,8-9H2,1-3H3/b11-7-. The van der Waals surface area contributed by atoms with E-state index in [0.717, 1.165) is 19.5 Å². The topological polar surface area (TPSA) is 12.0 Å². The highest BCUT2D eigenvalue weighted by molar-refractivity contribution is 9.10. The van der Waals surface area contributed by atoms with Crippen molar-refractivity contribution in [2.75, 3.05) is 13.1 Å². The molecule has 1 rings (SSSR count). The van der Waals surface area contributed by atoms with Crippen molar-refractivity contribution in [3.05, 3.63) is 26.4 Å². The van der Waals surface area contributed by atoms with Gasteiger partial charge in [0.05, 0.1) is 0 Å². The van der Waals surface area contributed by atoms with Crippen LogP contribution in [0.1, 0.15) is 32.1 Å². The van der Waals surface area contributed by atoms with Crippen molar-refractivity contribution >= 4 is 33.3 Å². The van der Waals surface area contributed by atoms with Crippen molar-refractivity contribution in [2.45, 2.75) is 27.2 Å². The van der Waals surface area contributed by atoms with E-state index in [1.165, 1.54) is 14.9 Å². The molecule has 0 aromatic carbocycles. The van der Waals surface area contributed by atoms with Crippen LogP contribution in [0.2, 0.25) is 0 Å². The van der Waals surface area contributed by atoms with E-state index in [1.807, 2.05) is 0 Å². The van der Waals surface area contributed by atoms with E-state index >= 15 is 0 Å². The lowest BCUT2D eigenvalue weighted by Crippen LogP contribution is -2.21. The summed E-state index contributed by atoms with van der Waals surface area (Å²) in [7, 11) is 0. The average molecular weight is 302 g/mol. The van der Waals surface area contributed by atoms with Crippen molar-refractivity contribution in [1.82, 2.24) is 5.32 Å². The van der Waals surface area contributed by atoms with Crippen LogP contribution in [0, 0.1) is 5.92 Å². The summed E-state index contributed by atoms with van der Waals surface area (Å²) in [5, 5.41) is 5.60. The van der Waals surface area contributed by atoms with Crippen molar-refractivity contribution < 1.29 is 0 Å². The number of hydrogen-bond donors (Lipinski definition) is 1. The fourth-order valence-corrected chi connectivity index (χ4v) is 2.86. The molecule has 0 fully saturated rings. The minimum absolute atomic E-state index is 0.714. The van der Waals surface area contributed by atoms with Crippen LogP contribution in [-0.2, 0) is 0 Å². The summed E-state index contributed by atoms with van der Waals surface area (Å²) < 4.78 is 1.20. The van der Waals surface area contributed by atoms with Gasteiger partial charge in [-0.15, -0.1) is 11.3 Å². The Morgan fingerprint density at radius 1 is 1.56 bits per heavy atom. The minimum atomic E-state index is 0.714. The van der Waals surface area contributed by atoms with Crippen molar-refractivity contribution in [2.24, 2.45) is 5.92 Å². The molecule has 90 valence electrons. The van der Waals surface area contributed by atoms with Crippen LogP contribution < -0.4 is 5.32 Å². The van der Waals surface area contributed by atoms with Gasteiger partial charge >= 0.3 is 0 Å². The minimum Gasteiger partial charge on any atom is -0.313 e. The first-order valence-corrected chi connectivity index (χ1v) is 7.44. The SMILES string of the molecule is CC/C(=C/c1sccc1Br)CNCC(C)C. The molecule has 0 spiro atoms. The fourth-order valence-electron chi connectivity index (χ4n) is 1.39. The Morgan fingerprint density at radius 2 is 2.31 bits per heavy atom. The molecule has 0 amide bonds. The Balaban J connectivity index is 2.54. The molecule has 1 heterocycles. The maximum Gasteiger partial charge on any atom is 0.0412 e. The van der Waals surface area contributed by atoms with Crippen molar-refractivity contribution in [3.63, 3.8) is 0 Å². The van der Waals surface area contributed by atoms with Crippen LogP contribution >= 0.6 is 27.3 Å². The molecule has 0 radical (unpaired) electrons. The summed E-state index contributed by atoms with van der Waals surface area (Å²) in [5.74, 6) is 0.714. The highest BCUT2D eigenvalue weighted by Gasteiger charge is 2.01. The van der Waals surface area contributed by atoms with Crippen LogP contribution in [0.3, 0.4) is 0 Å². The zero-order valence-electron chi connectivity index (χ0n) is 10.2. The lowest BCUT2D eigenvalue weighted by molar-refractivity contribution is 0.569. The first-order valence-electron chi connectivity index (χ1n) is 5.76. The van der Waals surface area contributed by atoms with E-state index < -0.39 is 0 Å². The zero-order valence-corrected chi connectivity index (χ0v) is 12.6. The van der Waals surface area contributed by atoms with Gasteiger partial charge < -0.3 is 5.32 Å². The third-order valence-electron chi connectivity index (χ3n) is 2.34. The zero-order chi connectivity index (χ0) is 12.0. The summed E-state index contributed by atoms with van der Waals surface area (Å²) in [4.78, 5) is 1.32. The van der Waals surface area contributed by atoms with Gasteiger partial charge in [-0.2, -0.15) is 0 Å². The van der Waals surface area contributed by atoms with E-state index in [9.17, 15) is 0 Å². The molecule has 0 bridgehead atoms. The van der Waals surface area contributed by atoms with Gasteiger partial charge in [-0.3, -0.25) is 0 Å². The number of nitrogens with one attached hydrogen (secondary N) is 1. The largest absolute Gasteiger partial charge is 0.313 e. The van der Waals surface area contributed by atoms with E-state index in [0.29, 0.717) is 5.92 Å². The van der Waals surface area contributed by atoms with Crippen LogP contribution in [0.5, 0.6) is 0 Å². The quantitative estimate of drug-likeness (QED) is 0.813. The molecule has 16 heavy (non-hydrogen) atoms. The first-order chi connectivity index (χ1) is 7.63. The number of hydrogen-bond acceptors (Lipinski definition) is 2. The molecule has 1 aromatic rings. The van der Waals surface area contributed by atoms with Crippen LogP contribution in [0.25, 0.3) is 6.08 Å². The van der Waals surface area contributed by atoms with Gasteiger partial charge in [0.1, 0.15) is 0 Å². The molecule has 0 aliphatic heterocycles. The Labute approximate surface area is 111 Å². The van der Waals surface area contributed by atoms with Gasteiger partial charge in [-0.05, 0) is 52.3 Å². The fraction of sp³-hybridized carbons (Fsp3) is 0.538. The summed E-state index contributed by atoms with van der Waals surface area (Å²) in [6.45, 7) is 8.77. The Morgan fingerprint density at radius 3 is 2.81 bits per heavy atom. The highest BCUT2D eigenvalue weighted by atomic mass is 79.9. The first kappa shape index (κ1) is 13.9. The molecule has 1 nitrogen and oxygen atoms in total. The molecule has 0 saturated heterocycles. The Kier molecular flexibility index (Phi) is 6.32. The number of thiophene rings is 1. The average Bonchev–Trinajstić information content (AvgIpc) is 2.62. The maximum atomic E-state index is 3.56. The second-order valence-corrected chi connectivity index (χ2v) is 6.12. The maximum absolute atomic E-state index is 3.56. The molecule has 0 aliphatic rings. The molecular formula is C13H20BrNS. The molecule has 3 heteroatoms. The van der Waals surface area contributed by atoms with Crippen LogP contribution in [-0.4, -0.2) is 13.1 Å². The van der Waals surface area contributed by atoms with Gasteiger partial charge in [0.15, 0.2) is 0 Å². The molecule has 0 saturated carbocycles. The molecule has 0 unspecified atom stereocenters. The van der Waals surface area contributed by atoms with Gasteiger partial charge in [-0.1, -0.05) is 26.3 Å². The van der Waals surface area contributed by atoms with E-state index in [4.69, 9.17) is 0 Å². The Hall–Kier alpha value is -0.120. The van der Waals surface area contributed by atoms with Crippen molar-refractivity contribution in [3.8, 4) is 0 Å². The van der Waals surface area contributed by atoms with Crippen LogP contribution in [0.4, 0.5) is 0 Å². The van der Waals surface area contributed by atoms with Gasteiger partial charge in [0.25, 0.3) is 0 Å². The summed E-state index contributed by atoms with van der Waals surface area (Å²) in [6.07, 6.45) is 3.40. The molecule has 1 aromatic heterocycles. The third-order valence-corrected chi connectivity index (χ3v) is 4.16. The van der Waals surface area contributed by atoms with Crippen LogP contribution in [0.15, 0.2) is 21.5 Å². The lowest BCUT2D eigenvalue weighted by Gasteiger charge is -2.09. The smallest absolute Gasteiger partial charge is 0.0412 e. The molecular weight excluding hydrogens is 282 g/mol. The Bertz CT molecular complexity index is 341. The van der Waals surface area contributed by atoms with Crippen molar-refractivity contribution in [1.29, 1.82) is 0 Å². The van der Waals surface area contributed by atoms with Gasteiger partial charge in [0.2, 0.25) is 0 Å². The van der Waals surface area contributed by atoms with E-state index in [2.05, 4.69) is 59.5 Å². The summed E-state index contributed by atoms with van der Waals surface area (Å²) in [6, 6.07) is 2.10. The molecule has 0 atom stereocenters. The highest BCUT2D eigenvalue weighted by Crippen LogP contribution is 2.25. The second-order valence-electron chi connectivity index (χ2n) is 4.31. The number of rotatable bonds is 6. The van der Waals surface area contributed by atoms with E-state index in [-0.39, 0.29) is 0 Å². The normalized spacial score (nSPS) is 12.4. The predicted molar refractivity (Wildman–Crippen MR) is 78.0 cm³/mol. The summed E-state index contributed by atoms with van der Waals surface area (Å²) in [5.41, 5.74) is 1.46. The van der Waals surface area contributed by atoms with E-state index in [1.54, 1.807) is 11.3 Å². The monoisotopic (exact) mass is 301 g/mol. The number of halogens is 1. The third kappa shape index (κ3) is 4.81. The molecule has 0 aliphatic carbocycles. The van der Waals surface area contributed by atoms with Gasteiger partial charge in [0, 0.05) is 15.9 Å². The predicted octanol–water partition coefficient (Wildman–Crippen LogP) is 4.55. The molecule has 1 N–H and O–H groups in total. The lowest BCUT2D eigenvalue weighted by atomic mass is 10.1. The second kappa shape index (κ2) is 7.25. The van der Waals surface area contributed by atoms with Gasteiger partial charge in [-0.25, -0.2) is 0 Å². The summed E-state index contributed by atoms with van der Waals surface area (Å²) >= 11 is 5.34.